The number of hydrogen-bond donors (Lipinski definition) is 1. The summed E-state index contributed by atoms with van der Waals surface area (Å²) in [5, 5.41) is 4.05. The number of pyridine rings is 1. The van der Waals surface area contributed by atoms with Gasteiger partial charge in [0.1, 0.15) is 17.6 Å². The van der Waals surface area contributed by atoms with Gasteiger partial charge >= 0.3 is 0 Å². The molecule has 1 aliphatic rings. The lowest BCUT2D eigenvalue weighted by Crippen LogP contribution is -2.30. The molecule has 2 aromatic heterocycles. The zero-order chi connectivity index (χ0) is 22.1. The number of methoxy groups -OCH3 is 1. The molecule has 0 radical (unpaired) electrons. The molecule has 1 fully saturated rings. The van der Waals surface area contributed by atoms with E-state index in [1.165, 1.54) is 12.1 Å². The number of hydrogen-bond acceptors (Lipinski definition) is 3. The minimum atomic E-state index is -0.270. The minimum absolute atomic E-state index is 0.192. The molecule has 32 heavy (non-hydrogen) atoms. The number of halogens is 1. The summed E-state index contributed by atoms with van der Waals surface area (Å²) in [6.07, 6.45) is 3.75. The van der Waals surface area contributed by atoms with Crippen LogP contribution < -0.4 is 15.0 Å². The second kappa shape index (κ2) is 8.43. The first-order valence-electron chi connectivity index (χ1n) is 10.2. The van der Waals surface area contributed by atoms with Gasteiger partial charge in [0.15, 0.2) is 5.11 Å². The maximum Gasteiger partial charge on any atom is 0.174 e. The van der Waals surface area contributed by atoms with Crippen molar-refractivity contribution in [1.29, 1.82) is 0 Å². The maximum atomic E-state index is 13.6. The van der Waals surface area contributed by atoms with Crippen LogP contribution in [0, 0.1) is 5.82 Å². The number of anilines is 1. The van der Waals surface area contributed by atoms with Gasteiger partial charge in [-0.05, 0) is 72.9 Å². The van der Waals surface area contributed by atoms with Gasteiger partial charge in [0.25, 0.3) is 0 Å². The molecule has 0 spiro atoms. The quantitative estimate of drug-likeness (QED) is 0.429. The Bertz CT molecular complexity index is 1240. The van der Waals surface area contributed by atoms with Crippen molar-refractivity contribution in [1.82, 2.24) is 14.9 Å². The molecule has 2 aromatic carbocycles. The van der Waals surface area contributed by atoms with Crippen LogP contribution in [0.1, 0.15) is 23.5 Å². The Morgan fingerprint density at radius 2 is 1.75 bits per heavy atom. The Hall–Kier alpha value is -3.71. The van der Waals surface area contributed by atoms with Crippen LogP contribution in [0.5, 0.6) is 5.75 Å². The van der Waals surface area contributed by atoms with Gasteiger partial charge in [0.2, 0.25) is 0 Å². The first kappa shape index (κ1) is 20.2. The Morgan fingerprint density at radius 1 is 0.969 bits per heavy atom. The fourth-order valence-electron chi connectivity index (χ4n) is 4.22. The zero-order valence-electron chi connectivity index (χ0n) is 17.4. The largest absolute Gasteiger partial charge is 0.495 e. The van der Waals surface area contributed by atoms with Crippen LogP contribution in [-0.2, 0) is 0 Å². The molecule has 0 bridgehead atoms. The molecule has 3 heterocycles. The third-order valence-electron chi connectivity index (χ3n) is 5.63. The van der Waals surface area contributed by atoms with E-state index >= 15 is 0 Å². The molecule has 4 aromatic rings. The van der Waals surface area contributed by atoms with Gasteiger partial charge < -0.3 is 19.5 Å². The predicted molar refractivity (Wildman–Crippen MR) is 127 cm³/mol. The highest BCUT2D eigenvalue weighted by molar-refractivity contribution is 7.80. The summed E-state index contributed by atoms with van der Waals surface area (Å²) >= 11 is 5.81. The summed E-state index contributed by atoms with van der Waals surface area (Å²) in [6.45, 7) is 0. The molecule has 0 unspecified atom stereocenters. The number of nitrogens with one attached hydrogen (secondary N) is 1. The SMILES string of the molecule is COc1ccccc1N1C(=S)N[C@@H](c2ccccn2)[C@@H]1c1cccn1-c1ccc(F)cc1. The van der Waals surface area contributed by atoms with Crippen molar-refractivity contribution in [2.45, 2.75) is 12.1 Å². The number of rotatable bonds is 5. The number of para-hydroxylation sites is 2. The molecule has 0 amide bonds. The summed E-state index contributed by atoms with van der Waals surface area (Å²) in [7, 11) is 1.65. The number of aromatic nitrogens is 2. The number of thiocarbonyl (C=S) groups is 1. The summed E-state index contributed by atoms with van der Waals surface area (Å²) in [5.41, 5.74) is 3.60. The second-order valence-electron chi connectivity index (χ2n) is 7.45. The lowest BCUT2D eigenvalue weighted by atomic mass is 10.0. The Kier molecular flexibility index (Phi) is 5.33. The average molecular weight is 445 g/mol. The van der Waals surface area contributed by atoms with Crippen LogP contribution in [0.15, 0.2) is 91.3 Å². The van der Waals surface area contributed by atoms with Crippen LogP contribution in [-0.4, -0.2) is 21.8 Å². The first-order chi connectivity index (χ1) is 15.7. The summed E-state index contributed by atoms with van der Waals surface area (Å²) < 4.78 is 21.3. The van der Waals surface area contributed by atoms with E-state index in [0.29, 0.717) is 5.11 Å². The predicted octanol–water partition coefficient (Wildman–Crippen LogP) is 5.20. The van der Waals surface area contributed by atoms with Crippen LogP contribution in [0.3, 0.4) is 0 Å². The van der Waals surface area contributed by atoms with E-state index in [1.54, 1.807) is 25.4 Å². The molecule has 0 aliphatic carbocycles. The average Bonchev–Trinajstić information content (AvgIpc) is 3.44. The van der Waals surface area contributed by atoms with E-state index < -0.39 is 0 Å². The standard InChI is InChI=1S/C25H21FN4OS/c1-31-22-10-3-2-8-20(22)30-24(23(28-25(30)32)19-7-4-5-15-27-19)21-9-6-16-29(21)18-13-11-17(26)12-14-18/h2-16,23-24H,1H3,(H,28,32)/t23-,24-/m0/s1. The molecule has 160 valence electrons. The summed E-state index contributed by atoms with van der Waals surface area (Å²) in [5.74, 6) is 0.455. The Balaban J connectivity index is 1.68. The minimum Gasteiger partial charge on any atom is -0.495 e. The molecule has 7 heteroatoms. The van der Waals surface area contributed by atoms with Crippen LogP contribution in [0.2, 0.25) is 0 Å². The van der Waals surface area contributed by atoms with E-state index in [9.17, 15) is 4.39 Å². The van der Waals surface area contributed by atoms with E-state index in [2.05, 4.69) is 25.8 Å². The van der Waals surface area contributed by atoms with Crippen LogP contribution >= 0.6 is 12.2 Å². The van der Waals surface area contributed by atoms with E-state index in [1.807, 2.05) is 54.7 Å². The van der Waals surface area contributed by atoms with Crippen LogP contribution in [0.4, 0.5) is 10.1 Å². The highest BCUT2D eigenvalue weighted by Gasteiger charge is 2.43. The highest BCUT2D eigenvalue weighted by Crippen LogP contribution is 2.44. The third kappa shape index (κ3) is 3.50. The van der Waals surface area contributed by atoms with Crippen molar-refractivity contribution in [3.63, 3.8) is 0 Å². The van der Waals surface area contributed by atoms with Gasteiger partial charge in [-0.1, -0.05) is 18.2 Å². The van der Waals surface area contributed by atoms with Crippen molar-refractivity contribution in [3.05, 3.63) is 108 Å². The lowest BCUT2D eigenvalue weighted by molar-refractivity contribution is 0.414. The molecular formula is C25H21FN4OS. The third-order valence-corrected chi connectivity index (χ3v) is 5.95. The van der Waals surface area contributed by atoms with E-state index in [0.717, 1.165) is 28.5 Å². The topological polar surface area (TPSA) is 42.3 Å². The maximum absolute atomic E-state index is 13.6. The van der Waals surface area contributed by atoms with Gasteiger partial charge in [-0.25, -0.2) is 4.39 Å². The number of ether oxygens (including phenoxy) is 1. The van der Waals surface area contributed by atoms with Crippen molar-refractivity contribution < 1.29 is 9.13 Å². The molecule has 1 aliphatic heterocycles. The molecule has 1 saturated heterocycles. The Morgan fingerprint density at radius 3 is 2.50 bits per heavy atom. The molecule has 5 nitrogen and oxygen atoms in total. The highest BCUT2D eigenvalue weighted by atomic mass is 32.1. The molecule has 1 N–H and O–H groups in total. The molecule has 2 atom stereocenters. The lowest BCUT2D eigenvalue weighted by Gasteiger charge is -2.29. The second-order valence-corrected chi connectivity index (χ2v) is 7.83. The number of nitrogens with zero attached hydrogens (tertiary/aromatic N) is 3. The zero-order valence-corrected chi connectivity index (χ0v) is 18.2. The number of benzene rings is 2. The van der Waals surface area contributed by atoms with Gasteiger partial charge in [0, 0.05) is 23.8 Å². The van der Waals surface area contributed by atoms with Crippen LogP contribution in [0.25, 0.3) is 5.69 Å². The van der Waals surface area contributed by atoms with Crippen molar-refractivity contribution in [2.75, 3.05) is 12.0 Å². The van der Waals surface area contributed by atoms with Crippen molar-refractivity contribution in [2.24, 2.45) is 0 Å². The van der Waals surface area contributed by atoms with Gasteiger partial charge in [-0.15, -0.1) is 0 Å². The fourth-order valence-corrected chi connectivity index (χ4v) is 4.55. The van der Waals surface area contributed by atoms with Crippen molar-refractivity contribution >= 4 is 23.0 Å². The van der Waals surface area contributed by atoms with Gasteiger partial charge in [-0.2, -0.15) is 0 Å². The summed E-state index contributed by atoms with van der Waals surface area (Å²) in [6, 6.07) is 23.7. The smallest absolute Gasteiger partial charge is 0.174 e. The fraction of sp³-hybridized carbons (Fsp3) is 0.120. The van der Waals surface area contributed by atoms with Crippen molar-refractivity contribution in [3.8, 4) is 11.4 Å². The molecular weight excluding hydrogens is 423 g/mol. The molecule has 5 rings (SSSR count). The van der Waals surface area contributed by atoms with Gasteiger partial charge in [-0.3, -0.25) is 4.98 Å². The first-order valence-corrected chi connectivity index (χ1v) is 10.6. The normalized spacial score (nSPS) is 17.9. The van der Waals surface area contributed by atoms with E-state index in [-0.39, 0.29) is 17.9 Å². The van der Waals surface area contributed by atoms with E-state index in [4.69, 9.17) is 17.0 Å². The molecule has 0 saturated carbocycles. The monoisotopic (exact) mass is 444 g/mol. The summed E-state index contributed by atoms with van der Waals surface area (Å²) in [4.78, 5) is 6.67. The van der Waals surface area contributed by atoms with Gasteiger partial charge in [0.05, 0.1) is 24.5 Å². The Labute approximate surface area is 191 Å².